The van der Waals surface area contributed by atoms with Gasteiger partial charge in [0.25, 0.3) is 0 Å². The van der Waals surface area contributed by atoms with Gasteiger partial charge in [-0.1, -0.05) is 14.9 Å². The molecule has 0 aliphatic carbocycles. The number of carbonyl (C=O) groups excluding carboxylic acids is 2. The van der Waals surface area contributed by atoms with Crippen LogP contribution in [0.3, 0.4) is 0 Å². The number of ether oxygens (including phenoxy) is 4. The van der Waals surface area contributed by atoms with Gasteiger partial charge in [-0.25, -0.2) is 0 Å². The first-order chi connectivity index (χ1) is 18.0. The van der Waals surface area contributed by atoms with Crippen LogP contribution in [0.2, 0.25) is 51.4 Å². The number of carbonyl (C=O) groups is 4. The first-order valence-electron chi connectivity index (χ1n) is 13.3. The molecule has 0 saturated carbocycles. The summed E-state index contributed by atoms with van der Waals surface area (Å²) in [7, 11) is -6.31. The summed E-state index contributed by atoms with van der Waals surface area (Å²) < 4.78 is 34.1. The number of esters is 2. The van der Waals surface area contributed by atoms with E-state index < -0.39 is 49.1 Å². The summed E-state index contributed by atoms with van der Waals surface area (Å²) in [6.45, 7) is 14.7. The fraction of sp³-hybridized carbons (Fsp3) is 0.846. The summed E-state index contributed by atoms with van der Waals surface area (Å²) >= 11 is 0. The van der Waals surface area contributed by atoms with Gasteiger partial charge in [-0.15, -0.1) is 0 Å². The maximum Gasteiger partial charge on any atom is 0.311 e. The van der Waals surface area contributed by atoms with Gasteiger partial charge in [0, 0.05) is 13.2 Å². The zero-order valence-electron chi connectivity index (χ0n) is 24.4. The Balaban J connectivity index is -0.00000722. The second-order valence-corrected chi connectivity index (χ2v) is 23.3. The molecule has 0 atom stereocenters. The van der Waals surface area contributed by atoms with Gasteiger partial charge in [-0.05, 0) is 64.2 Å². The molecule has 0 heterocycles. The lowest BCUT2D eigenvalue weighted by atomic mass is 10.3. The predicted molar refractivity (Wildman–Crippen MR) is 164 cm³/mol. The molecule has 0 saturated heterocycles. The molecular weight excluding hydrogens is 589 g/mol. The fourth-order valence-corrected chi connectivity index (χ4v) is 17.8. The molecule has 0 spiro atoms. The van der Waals surface area contributed by atoms with E-state index in [4.69, 9.17) is 37.4 Å². The zero-order chi connectivity index (χ0) is 30.0. The zero-order valence-corrected chi connectivity index (χ0v) is 27.4. The molecule has 0 aliphatic heterocycles. The first kappa shape index (κ1) is 43.8. The molecule has 12 nitrogen and oxygen atoms in total. The Morgan fingerprint density at radius 2 is 0.878 bits per heavy atom. The van der Waals surface area contributed by atoms with Gasteiger partial charge in [0.2, 0.25) is 0 Å². The van der Waals surface area contributed by atoms with Crippen molar-refractivity contribution in [2.45, 2.75) is 105 Å². The number of carboxylic acid groups (broad SMARTS) is 2. The molecule has 0 amide bonds. The molecule has 0 aromatic heterocycles. The predicted octanol–water partition coefficient (Wildman–Crippen LogP) is 5.03. The Hall–Kier alpha value is -1.63. The van der Waals surface area contributed by atoms with Crippen molar-refractivity contribution in [2.75, 3.05) is 39.6 Å². The van der Waals surface area contributed by atoms with Crippen molar-refractivity contribution in [1.82, 2.24) is 0 Å². The van der Waals surface area contributed by atoms with E-state index in [2.05, 4.69) is 39.3 Å². The van der Waals surface area contributed by atoms with Crippen LogP contribution < -0.4 is 0 Å². The molecular formula is C26H56O12Si3. The van der Waals surface area contributed by atoms with Crippen molar-refractivity contribution in [2.24, 2.45) is 0 Å². The molecule has 0 aromatic rings. The van der Waals surface area contributed by atoms with Gasteiger partial charge >= 0.3 is 32.4 Å². The van der Waals surface area contributed by atoms with E-state index in [1.165, 1.54) is 0 Å². The lowest BCUT2D eigenvalue weighted by molar-refractivity contribution is -0.148. The highest BCUT2D eigenvalue weighted by Crippen LogP contribution is 2.26. The van der Waals surface area contributed by atoms with Crippen LogP contribution in [0.15, 0.2) is 0 Å². The minimum Gasteiger partial charge on any atom is -0.481 e. The van der Waals surface area contributed by atoms with Crippen molar-refractivity contribution in [3.63, 3.8) is 0 Å². The second kappa shape index (κ2) is 22.9. The van der Waals surface area contributed by atoms with Crippen molar-refractivity contribution < 1.29 is 56.6 Å². The van der Waals surface area contributed by atoms with E-state index in [0.29, 0.717) is 13.2 Å². The van der Waals surface area contributed by atoms with Crippen LogP contribution in [0, 0.1) is 0 Å². The largest absolute Gasteiger partial charge is 0.481 e. The molecule has 0 radical (unpaired) electrons. The second-order valence-electron chi connectivity index (χ2n) is 10.8. The Morgan fingerprint density at radius 1 is 0.537 bits per heavy atom. The van der Waals surface area contributed by atoms with E-state index in [-0.39, 0.29) is 67.0 Å². The third-order valence-corrected chi connectivity index (χ3v) is 16.7. The highest BCUT2D eigenvalue weighted by molar-refractivity contribution is 6.87. The van der Waals surface area contributed by atoms with E-state index in [9.17, 15) is 19.2 Å². The Kier molecular flexibility index (Phi) is 24.5. The number of hydrogen-bond donors (Lipinski definition) is 2. The molecule has 0 rings (SSSR count). The Labute approximate surface area is 249 Å². The average molecular weight is 645 g/mol. The molecule has 244 valence electrons. The van der Waals surface area contributed by atoms with Crippen LogP contribution in [-0.2, 0) is 46.4 Å². The van der Waals surface area contributed by atoms with Gasteiger partial charge in [0.15, 0.2) is 16.6 Å². The maximum absolute atomic E-state index is 11.4. The molecule has 15 heteroatoms. The van der Waals surface area contributed by atoms with Gasteiger partial charge in [0.05, 0.1) is 38.9 Å². The fourth-order valence-electron chi connectivity index (χ4n) is 3.85. The molecule has 0 fully saturated rings. The highest BCUT2D eigenvalue weighted by Gasteiger charge is 2.39. The van der Waals surface area contributed by atoms with E-state index >= 15 is 0 Å². The standard InChI is InChI=1S/C24H48O12Si3.2CH4/c1-37(2,19-7-13-31-15-17-33-23(29)11-9-21(25)26)35-39(5,6)36-38(3,4)20-8-14-32-16-18-34-24(30)12-10-22(27)28;;/h7-20H2,1-6H3,(H,25,26)(H,27,28);2*1H4. The lowest BCUT2D eigenvalue weighted by Gasteiger charge is -2.38. The van der Waals surface area contributed by atoms with Crippen LogP contribution in [-0.4, -0.2) is 98.9 Å². The summed E-state index contributed by atoms with van der Waals surface area (Å²) in [5.41, 5.74) is 0. The molecule has 0 aromatic carbocycles. The third kappa shape index (κ3) is 28.3. The van der Waals surface area contributed by atoms with Crippen LogP contribution in [0.1, 0.15) is 53.4 Å². The van der Waals surface area contributed by atoms with E-state index in [1.807, 2.05) is 0 Å². The summed E-state index contributed by atoms with van der Waals surface area (Å²) in [5, 5.41) is 17.1. The first-order valence-corrected chi connectivity index (χ1v) is 22.4. The van der Waals surface area contributed by atoms with Crippen LogP contribution in [0.5, 0.6) is 0 Å². The van der Waals surface area contributed by atoms with Crippen molar-refractivity contribution in [3.8, 4) is 0 Å². The van der Waals surface area contributed by atoms with Crippen LogP contribution in [0.4, 0.5) is 0 Å². The quantitative estimate of drug-likeness (QED) is 0.0819. The Bertz CT molecular complexity index is 700. The lowest BCUT2D eigenvalue weighted by Crippen LogP contribution is -2.52. The van der Waals surface area contributed by atoms with Crippen molar-refractivity contribution in [1.29, 1.82) is 0 Å². The van der Waals surface area contributed by atoms with Crippen LogP contribution in [0.25, 0.3) is 0 Å². The number of rotatable bonds is 24. The summed E-state index contributed by atoms with van der Waals surface area (Å²) in [6, 6.07) is 1.81. The SMILES string of the molecule is C.C.C[Si](C)(CCCOCCOC(=O)CCC(=O)O)O[Si](C)(C)O[Si](C)(C)CCCOCCOC(=O)CCC(=O)O. The van der Waals surface area contributed by atoms with Crippen LogP contribution >= 0.6 is 0 Å². The molecule has 0 bridgehead atoms. The summed E-state index contributed by atoms with van der Waals surface area (Å²) in [6.07, 6.45) is 0.888. The third-order valence-electron chi connectivity index (χ3n) is 5.25. The minimum atomic E-state index is -2.35. The normalized spacial score (nSPS) is 11.7. The number of hydrogen-bond acceptors (Lipinski definition) is 10. The minimum absolute atomic E-state index is 0. The Morgan fingerprint density at radius 3 is 1.20 bits per heavy atom. The maximum atomic E-state index is 11.4. The number of aliphatic carboxylic acids is 2. The van der Waals surface area contributed by atoms with Gasteiger partial charge in [0.1, 0.15) is 13.2 Å². The molecule has 2 N–H and O–H groups in total. The average Bonchev–Trinajstić information content (AvgIpc) is 2.78. The smallest absolute Gasteiger partial charge is 0.311 e. The highest BCUT2D eigenvalue weighted by atomic mass is 28.5. The van der Waals surface area contributed by atoms with E-state index in [0.717, 1.165) is 24.9 Å². The molecule has 0 unspecified atom stereocenters. The van der Waals surface area contributed by atoms with Crippen molar-refractivity contribution >= 4 is 49.1 Å². The topological polar surface area (TPSA) is 164 Å². The number of carboxylic acids is 2. The van der Waals surface area contributed by atoms with Gasteiger partial charge in [-0.3, -0.25) is 19.2 Å². The molecule has 0 aliphatic rings. The summed E-state index contributed by atoms with van der Waals surface area (Å²) in [5.74, 6) is -3.14. The van der Waals surface area contributed by atoms with Crippen molar-refractivity contribution in [3.05, 3.63) is 0 Å². The molecule has 41 heavy (non-hydrogen) atoms. The van der Waals surface area contributed by atoms with Gasteiger partial charge < -0.3 is 37.4 Å². The monoisotopic (exact) mass is 644 g/mol. The summed E-state index contributed by atoms with van der Waals surface area (Å²) in [4.78, 5) is 43.6. The van der Waals surface area contributed by atoms with E-state index in [1.54, 1.807) is 0 Å². The van der Waals surface area contributed by atoms with Gasteiger partial charge in [-0.2, -0.15) is 0 Å².